The van der Waals surface area contributed by atoms with Crippen molar-refractivity contribution >= 4 is 51.1 Å². The van der Waals surface area contributed by atoms with E-state index in [-0.39, 0.29) is 17.0 Å². The first kappa shape index (κ1) is 12.8. The largest absolute Gasteiger partial charge is 0.375 e. The van der Waals surface area contributed by atoms with E-state index >= 15 is 0 Å². The van der Waals surface area contributed by atoms with Crippen LogP contribution in [0.2, 0.25) is 5.15 Å². The van der Waals surface area contributed by atoms with E-state index in [9.17, 15) is 4.79 Å². The van der Waals surface area contributed by atoms with Crippen LogP contribution in [0.25, 0.3) is 11.2 Å². The molecule has 20 heavy (non-hydrogen) atoms. The highest BCUT2D eigenvalue weighted by molar-refractivity contribution is 7.17. The van der Waals surface area contributed by atoms with Crippen molar-refractivity contribution in [3.05, 3.63) is 22.1 Å². The van der Waals surface area contributed by atoms with Gasteiger partial charge < -0.3 is 10.7 Å². The molecule has 4 N–H and O–H groups in total. The molecule has 3 heterocycles. The second-order valence-corrected chi connectivity index (χ2v) is 5.25. The number of anilines is 2. The van der Waals surface area contributed by atoms with Crippen LogP contribution in [0.15, 0.2) is 6.33 Å². The van der Waals surface area contributed by atoms with E-state index < -0.39 is 0 Å². The van der Waals surface area contributed by atoms with E-state index in [0.29, 0.717) is 26.9 Å². The minimum atomic E-state index is -0.386. The predicted octanol–water partition coefficient (Wildman–Crippen LogP) is 1.61. The van der Waals surface area contributed by atoms with Gasteiger partial charge in [-0.3, -0.25) is 10.1 Å². The molecule has 0 fully saturated rings. The van der Waals surface area contributed by atoms with Crippen LogP contribution >= 0.6 is 22.9 Å². The average molecular weight is 310 g/mol. The number of nitrogens with two attached hydrogens (primary N) is 1. The molecule has 0 radical (unpaired) electrons. The number of amides is 1. The van der Waals surface area contributed by atoms with Crippen molar-refractivity contribution in [2.75, 3.05) is 11.1 Å². The van der Waals surface area contributed by atoms with Gasteiger partial charge in [0.15, 0.2) is 15.9 Å². The molecular weight excluding hydrogens is 302 g/mol. The zero-order chi connectivity index (χ0) is 14.3. The zero-order valence-corrected chi connectivity index (χ0v) is 11.7. The van der Waals surface area contributed by atoms with Crippen molar-refractivity contribution in [3.63, 3.8) is 0 Å². The van der Waals surface area contributed by atoms with Crippen LogP contribution in [0.3, 0.4) is 0 Å². The van der Waals surface area contributed by atoms with Gasteiger partial charge in [0.25, 0.3) is 5.91 Å². The maximum Gasteiger partial charge on any atom is 0.270 e. The summed E-state index contributed by atoms with van der Waals surface area (Å²) in [5.74, 6) is -0.311. The minimum absolute atomic E-state index is 0.0750. The lowest BCUT2D eigenvalue weighted by Crippen LogP contribution is -2.14. The highest BCUT2D eigenvalue weighted by Crippen LogP contribution is 2.22. The summed E-state index contributed by atoms with van der Waals surface area (Å²) in [5.41, 5.74) is 7.00. The monoisotopic (exact) mass is 309 g/mol. The number of carbonyl (C=O) groups is 1. The number of aromatic amines is 1. The van der Waals surface area contributed by atoms with E-state index in [2.05, 4.69) is 30.2 Å². The Kier molecular flexibility index (Phi) is 2.99. The van der Waals surface area contributed by atoms with Crippen molar-refractivity contribution in [1.82, 2.24) is 24.9 Å². The lowest BCUT2D eigenvalue weighted by atomic mass is 10.4. The van der Waals surface area contributed by atoms with Gasteiger partial charge in [0.2, 0.25) is 5.95 Å². The molecule has 1 amide bonds. The summed E-state index contributed by atoms with van der Waals surface area (Å²) >= 11 is 7.06. The first-order chi connectivity index (χ1) is 9.54. The van der Waals surface area contributed by atoms with Crippen molar-refractivity contribution in [3.8, 4) is 0 Å². The molecule has 3 aromatic heterocycles. The number of carbonyl (C=O) groups excluding carboxylic acids is 1. The molecule has 10 heteroatoms. The maximum absolute atomic E-state index is 12.1. The summed E-state index contributed by atoms with van der Waals surface area (Å²) in [6.45, 7) is 1.70. The minimum Gasteiger partial charge on any atom is -0.375 e. The van der Waals surface area contributed by atoms with Gasteiger partial charge in [0.1, 0.15) is 10.4 Å². The number of aromatic nitrogens is 5. The van der Waals surface area contributed by atoms with Gasteiger partial charge in [-0.2, -0.15) is 9.97 Å². The first-order valence-corrected chi connectivity index (χ1v) is 6.65. The molecule has 0 atom stereocenters. The third-order valence-electron chi connectivity index (χ3n) is 2.49. The molecule has 0 saturated carbocycles. The summed E-state index contributed by atoms with van der Waals surface area (Å²) < 4.78 is 0. The Balaban J connectivity index is 1.93. The number of rotatable bonds is 2. The second kappa shape index (κ2) is 4.69. The van der Waals surface area contributed by atoms with Gasteiger partial charge in [0.05, 0.1) is 12.0 Å². The molecule has 0 aliphatic carbocycles. The smallest absolute Gasteiger partial charge is 0.270 e. The number of hydrogen-bond acceptors (Lipinski definition) is 7. The SMILES string of the molecule is Cc1nc(N)sc1C(=O)Nc1nc(Cl)c2[nH]cnc2n1. The first-order valence-electron chi connectivity index (χ1n) is 5.45. The van der Waals surface area contributed by atoms with E-state index in [1.165, 1.54) is 6.33 Å². The quantitative estimate of drug-likeness (QED) is 0.618. The molecule has 3 rings (SSSR count). The number of nitrogens with zero attached hydrogens (tertiary/aromatic N) is 4. The van der Waals surface area contributed by atoms with Gasteiger partial charge in [-0.15, -0.1) is 0 Å². The Labute approximate surface area is 121 Å². The fourth-order valence-electron chi connectivity index (χ4n) is 1.64. The van der Waals surface area contributed by atoms with E-state index in [0.717, 1.165) is 11.3 Å². The Morgan fingerprint density at radius 1 is 1.45 bits per heavy atom. The number of imidazole rings is 1. The summed E-state index contributed by atoms with van der Waals surface area (Å²) in [7, 11) is 0. The molecule has 102 valence electrons. The fourth-order valence-corrected chi connectivity index (χ4v) is 2.59. The van der Waals surface area contributed by atoms with Crippen molar-refractivity contribution < 1.29 is 4.79 Å². The average Bonchev–Trinajstić information content (AvgIpc) is 2.95. The third-order valence-corrected chi connectivity index (χ3v) is 3.75. The molecule has 8 nitrogen and oxygen atoms in total. The second-order valence-electron chi connectivity index (χ2n) is 3.86. The molecule has 0 bridgehead atoms. The molecule has 0 aromatic carbocycles. The number of aryl methyl sites for hydroxylation is 1. The number of H-pyrrole nitrogens is 1. The van der Waals surface area contributed by atoms with Crippen LogP contribution in [-0.4, -0.2) is 30.8 Å². The van der Waals surface area contributed by atoms with Crippen LogP contribution < -0.4 is 11.1 Å². The van der Waals surface area contributed by atoms with Gasteiger partial charge in [0, 0.05) is 0 Å². The van der Waals surface area contributed by atoms with Crippen molar-refractivity contribution in [1.29, 1.82) is 0 Å². The van der Waals surface area contributed by atoms with E-state index in [1.807, 2.05) is 0 Å². The Hall–Kier alpha value is -2.26. The Morgan fingerprint density at radius 3 is 2.95 bits per heavy atom. The lowest BCUT2D eigenvalue weighted by Gasteiger charge is -2.02. The number of thiazole rings is 1. The highest BCUT2D eigenvalue weighted by Gasteiger charge is 2.16. The molecule has 0 aliphatic rings. The molecule has 0 saturated heterocycles. The summed E-state index contributed by atoms with van der Waals surface area (Å²) in [6, 6.07) is 0. The van der Waals surface area contributed by atoms with Crippen LogP contribution in [-0.2, 0) is 0 Å². The number of hydrogen-bond donors (Lipinski definition) is 3. The molecule has 0 aliphatic heterocycles. The van der Waals surface area contributed by atoms with E-state index in [1.54, 1.807) is 6.92 Å². The van der Waals surface area contributed by atoms with E-state index in [4.69, 9.17) is 17.3 Å². The maximum atomic E-state index is 12.1. The molecule has 3 aromatic rings. The zero-order valence-electron chi connectivity index (χ0n) is 10.1. The fraction of sp³-hybridized carbons (Fsp3) is 0.100. The summed E-state index contributed by atoms with van der Waals surface area (Å²) in [5, 5.41) is 3.06. The van der Waals surface area contributed by atoms with Crippen LogP contribution in [0, 0.1) is 6.92 Å². The van der Waals surface area contributed by atoms with Crippen LogP contribution in [0.1, 0.15) is 15.4 Å². The molecule has 0 spiro atoms. The van der Waals surface area contributed by atoms with Crippen LogP contribution in [0.4, 0.5) is 11.1 Å². The van der Waals surface area contributed by atoms with Gasteiger partial charge >= 0.3 is 0 Å². The van der Waals surface area contributed by atoms with Crippen molar-refractivity contribution in [2.24, 2.45) is 0 Å². The topological polar surface area (TPSA) is 122 Å². The standard InChI is InChI=1S/C10H8ClN7OS/c1-3-5(20-9(12)15-3)8(19)18-10-16-6(11)4-7(17-10)14-2-13-4/h2H,1H3,(H2,12,15)(H2,13,14,16,17,18,19). The van der Waals surface area contributed by atoms with Crippen LogP contribution in [0.5, 0.6) is 0 Å². The highest BCUT2D eigenvalue weighted by atomic mass is 35.5. The lowest BCUT2D eigenvalue weighted by molar-refractivity contribution is 0.102. The molecular formula is C10H8ClN7OS. The number of nitrogen functional groups attached to an aromatic ring is 1. The van der Waals surface area contributed by atoms with Gasteiger partial charge in [-0.05, 0) is 6.92 Å². The predicted molar refractivity (Wildman–Crippen MR) is 75.9 cm³/mol. The normalized spacial score (nSPS) is 10.9. The number of halogens is 1. The summed E-state index contributed by atoms with van der Waals surface area (Å²) in [4.78, 5) is 31.3. The van der Waals surface area contributed by atoms with Crippen molar-refractivity contribution in [2.45, 2.75) is 6.92 Å². The van der Waals surface area contributed by atoms with Gasteiger partial charge in [-0.25, -0.2) is 9.97 Å². The third kappa shape index (κ3) is 2.17. The number of fused-ring (bicyclic) bond motifs is 1. The molecule has 0 unspecified atom stereocenters. The Morgan fingerprint density at radius 2 is 2.25 bits per heavy atom. The van der Waals surface area contributed by atoms with Gasteiger partial charge in [-0.1, -0.05) is 22.9 Å². The number of nitrogens with one attached hydrogen (secondary N) is 2. The Bertz CT molecular complexity index is 811. The summed E-state index contributed by atoms with van der Waals surface area (Å²) in [6.07, 6.45) is 1.45.